The van der Waals surface area contributed by atoms with E-state index < -0.39 is 6.10 Å². The molecule has 84 valence electrons. The molecular weight excluding hydrogens is 290 g/mol. The summed E-state index contributed by atoms with van der Waals surface area (Å²) >= 11 is 4.87. The van der Waals surface area contributed by atoms with E-state index in [1.165, 1.54) is 11.8 Å². The molecule has 0 aliphatic carbocycles. The molecule has 1 aromatic carbocycles. The molecule has 0 aliphatic rings. The van der Waals surface area contributed by atoms with Crippen LogP contribution in [0.2, 0.25) is 0 Å². The highest BCUT2D eigenvalue weighted by Crippen LogP contribution is 2.31. The van der Waals surface area contributed by atoms with Crippen LogP contribution in [-0.2, 0) is 0 Å². The van der Waals surface area contributed by atoms with Crippen LogP contribution in [0.5, 0.6) is 0 Å². The molecule has 0 aliphatic heterocycles. The number of nitrogens with zero attached hydrogens (tertiary/aromatic N) is 1. The summed E-state index contributed by atoms with van der Waals surface area (Å²) in [6, 6.07) is 5.76. The third-order valence-corrected chi connectivity index (χ3v) is 3.59. The van der Waals surface area contributed by atoms with E-state index in [4.69, 9.17) is 4.42 Å². The zero-order valence-corrected chi connectivity index (χ0v) is 11.0. The molecule has 1 heterocycles. The van der Waals surface area contributed by atoms with E-state index in [0.717, 1.165) is 14.9 Å². The maximum absolute atomic E-state index is 9.48. The maximum atomic E-state index is 9.48. The number of benzene rings is 1. The minimum Gasteiger partial charge on any atom is -0.440 e. The summed E-state index contributed by atoms with van der Waals surface area (Å²) in [5.74, 6) is 0. The first kappa shape index (κ1) is 11.7. The van der Waals surface area contributed by atoms with Gasteiger partial charge in [0.2, 0.25) is 0 Å². The molecule has 1 atom stereocenters. The summed E-state index contributed by atoms with van der Waals surface area (Å²) < 4.78 is 6.03. The molecule has 0 bridgehead atoms. The fourth-order valence-electron chi connectivity index (χ4n) is 1.27. The number of aromatic nitrogens is 1. The number of rotatable bonds is 3. The van der Waals surface area contributed by atoms with Gasteiger partial charge in [0, 0.05) is 9.37 Å². The van der Waals surface area contributed by atoms with Crippen LogP contribution in [0.1, 0.15) is 18.6 Å². The van der Waals surface area contributed by atoms with Crippen molar-refractivity contribution in [2.45, 2.75) is 23.1 Å². The lowest BCUT2D eigenvalue weighted by molar-refractivity contribution is 0.198. The van der Waals surface area contributed by atoms with Crippen molar-refractivity contribution in [3.05, 3.63) is 40.7 Å². The highest BCUT2D eigenvalue weighted by Gasteiger charge is 2.08. The Bertz CT molecular complexity index is 471. The smallest absolute Gasteiger partial charge is 0.260 e. The van der Waals surface area contributed by atoms with Gasteiger partial charge in [-0.05, 0) is 36.4 Å². The lowest BCUT2D eigenvalue weighted by atomic mass is 10.1. The molecule has 0 radical (unpaired) electrons. The van der Waals surface area contributed by atoms with E-state index in [-0.39, 0.29) is 0 Å². The lowest BCUT2D eigenvalue weighted by Crippen LogP contribution is -1.92. The molecule has 1 aromatic heterocycles. The summed E-state index contributed by atoms with van der Waals surface area (Å²) in [6.45, 7) is 1.74. The Morgan fingerprint density at radius 1 is 1.50 bits per heavy atom. The monoisotopic (exact) mass is 299 g/mol. The Morgan fingerprint density at radius 2 is 2.31 bits per heavy atom. The highest BCUT2D eigenvalue weighted by molar-refractivity contribution is 9.10. The number of halogens is 1. The molecule has 0 fully saturated rings. The van der Waals surface area contributed by atoms with Crippen LogP contribution in [0.15, 0.2) is 49.7 Å². The van der Waals surface area contributed by atoms with Crippen LogP contribution in [0.25, 0.3) is 0 Å². The van der Waals surface area contributed by atoms with E-state index in [9.17, 15) is 5.11 Å². The molecule has 0 saturated carbocycles. The van der Waals surface area contributed by atoms with Gasteiger partial charge in [-0.2, -0.15) is 0 Å². The first-order valence-electron chi connectivity index (χ1n) is 4.71. The van der Waals surface area contributed by atoms with Crippen LogP contribution < -0.4 is 0 Å². The van der Waals surface area contributed by atoms with Gasteiger partial charge in [0.15, 0.2) is 0 Å². The van der Waals surface area contributed by atoms with Gasteiger partial charge >= 0.3 is 0 Å². The van der Waals surface area contributed by atoms with E-state index in [0.29, 0.717) is 5.22 Å². The van der Waals surface area contributed by atoms with Crippen molar-refractivity contribution in [1.82, 2.24) is 4.98 Å². The molecular formula is C11H10BrNO2S. The van der Waals surface area contributed by atoms with Crippen molar-refractivity contribution in [2.24, 2.45) is 0 Å². The number of hydrogen-bond donors (Lipinski definition) is 1. The SMILES string of the molecule is CC(O)c1ccc(Sc2ncco2)cc1Br. The van der Waals surface area contributed by atoms with Crippen molar-refractivity contribution in [2.75, 3.05) is 0 Å². The Morgan fingerprint density at radius 3 is 2.88 bits per heavy atom. The normalized spacial score (nSPS) is 12.7. The molecule has 1 N–H and O–H groups in total. The fraction of sp³-hybridized carbons (Fsp3) is 0.182. The van der Waals surface area contributed by atoms with Crippen LogP contribution in [0.3, 0.4) is 0 Å². The zero-order chi connectivity index (χ0) is 11.5. The van der Waals surface area contributed by atoms with Gasteiger partial charge in [0.1, 0.15) is 6.26 Å². The number of aliphatic hydroxyl groups excluding tert-OH is 1. The van der Waals surface area contributed by atoms with Gasteiger partial charge < -0.3 is 9.52 Å². The van der Waals surface area contributed by atoms with Crippen LogP contribution in [-0.4, -0.2) is 10.1 Å². The van der Waals surface area contributed by atoms with Crippen molar-refractivity contribution < 1.29 is 9.52 Å². The minimum atomic E-state index is -0.477. The van der Waals surface area contributed by atoms with E-state index >= 15 is 0 Å². The van der Waals surface area contributed by atoms with Crippen molar-refractivity contribution >= 4 is 27.7 Å². The van der Waals surface area contributed by atoms with Gasteiger partial charge in [-0.3, -0.25) is 0 Å². The topological polar surface area (TPSA) is 46.3 Å². The molecule has 5 heteroatoms. The zero-order valence-electron chi connectivity index (χ0n) is 8.55. The van der Waals surface area contributed by atoms with Gasteiger partial charge in [-0.15, -0.1) is 0 Å². The predicted octanol–water partition coefficient (Wildman–Crippen LogP) is 3.64. The number of oxazole rings is 1. The summed E-state index contributed by atoms with van der Waals surface area (Å²) in [5.41, 5.74) is 0.872. The summed E-state index contributed by atoms with van der Waals surface area (Å²) in [7, 11) is 0. The van der Waals surface area contributed by atoms with E-state index in [1.54, 1.807) is 19.4 Å². The first-order chi connectivity index (χ1) is 7.66. The standard InChI is InChI=1S/C11H10BrNO2S/c1-7(14)9-3-2-8(6-10(9)12)16-11-13-4-5-15-11/h2-7,14H,1H3. The second-order valence-corrected chi connectivity index (χ2v) is 5.14. The largest absolute Gasteiger partial charge is 0.440 e. The van der Waals surface area contributed by atoms with Gasteiger partial charge in [-0.1, -0.05) is 22.0 Å². The molecule has 2 rings (SSSR count). The second kappa shape index (κ2) is 5.03. The molecule has 2 aromatic rings. The number of hydrogen-bond acceptors (Lipinski definition) is 4. The Labute approximate surface area is 106 Å². The number of aliphatic hydroxyl groups is 1. The molecule has 0 amide bonds. The molecule has 0 spiro atoms. The third-order valence-electron chi connectivity index (χ3n) is 2.04. The van der Waals surface area contributed by atoms with Gasteiger partial charge in [0.05, 0.1) is 12.3 Å². The van der Waals surface area contributed by atoms with Crippen molar-refractivity contribution in [3.63, 3.8) is 0 Å². The summed E-state index contributed by atoms with van der Waals surface area (Å²) in [6.07, 6.45) is 2.68. The van der Waals surface area contributed by atoms with E-state index in [2.05, 4.69) is 20.9 Å². The molecule has 3 nitrogen and oxygen atoms in total. The summed E-state index contributed by atoms with van der Waals surface area (Å²) in [4.78, 5) is 5.04. The first-order valence-corrected chi connectivity index (χ1v) is 6.32. The highest BCUT2D eigenvalue weighted by atomic mass is 79.9. The fourth-order valence-corrected chi connectivity index (χ4v) is 2.87. The Balaban J connectivity index is 2.21. The molecule has 0 saturated heterocycles. The van der Waals surface area contributed by atoms with Crippen LogP contribution in [0, 0.1) is 0 Å². The predicted molar refractivity (Wildman–Crippen MR) is 65.4 cm³/mol. The lowest BCUT2D eigenvalue weighted by Gasteiger charge is -2.08. The molecule has 16 heavy (non-hydrogen) atoms. The van der Waals surface area contributed by atoms with Crippen LogP contribution >= 0.6 is 27.7 Å². The maximum Gasteiger partial charge on any atom is 0.260 e. The molecule has 1 unspecified atom stereocenters. The van der Waals surface area contributed by atoms with Crippen molar-refractivity contribution in [3.8, 4) is 0 Å². The quantitative estimate of drug-likeness (QED) is 0.940. The van der Waals surface area contributed by atoms with E-state index in [1.807, 2.05) is 18.2 Å². The minimum absolute atomic E-state index is 0.477. The van der Waals surface area contributed by atoms with Crippen molar-refractivity contribution in [1.29, 1.82) is 0 Å². The Hall–Kier alpha value is -0.780. The average Bonchev–Trinajstić information content (AvgIpc) is 2.70. The third kappa shape index (κ3) is 2.66. The summed E-state index contributed by atoms with van der Waals surface area (Å²) in [5, 5.41) is 10.1. The van der Waals surface area contributed by atoms with Gasteiger partial charge in [0.25, 0.3) is 5.22 Å². The second-order valence-electron chi connectivity index (χ2n) is 3.26. The van der Waals surface area contributed by atoms with Gasteiger partial charge in [-0.25, -0.2) is 4.98 Å². The van der Waals surface area contributed by atoms with Crippen LogP contribution in [0.4, 0.5) is 0 Å². The Kier molecular flexibility index (Phi) is 3.68. The average molecular weight is 300 g/mol.